The van der Waals surface area contributed by atoms with Crippen molar-refractivity contribution in [2.75, 3.05) is 5.73 Å². The first-order valence-electron chi connectivity index (χ1n) is 5.27. The maximum absolute atomic E-state index is 12.2. The van der Waals surface area contributed by atoms with Crippen LogP contribution in [0.3, 0.4) is 0 Å². The van der Waals surface area contributed by atoms with Crippen molar-refractivity contribution < 1.29 is 13.3 Å². The van der Waals surface area contributed by atoms with Crippen LogP contribution in [-0.4, -0.2) is 13.3 Å². The lowest BCUT2D eigenvalue weighted by molar-refractivity contribution is -0.383. The quantitative estimate of drug-likeness (QED) is 0.525. The fraction of sp³-hybridized carbons (Fsp3) is 0. The van der Waals surface area contributed by atoms with E-state index in [-0.39, 0.29) is 21.2 Å². The van der Waals surface area contributed by atoms with Gasteiger partial charge in [0.15, 0.2) is 0 Å². The van der Waals surface area contributed by atoms with Crippen LogP contribution in [0.15, 0.2) is 58.3 Å². The summed E-state index contributed by atoms with van der Waals surface area (Å²) in [6.45, 7) is 0. The predicted molar refractivity (Wildman–Crippen MR) is 69.4 cm³/mol. The van der Waals surface area contributed by atoms with E-state index in [1.54, 1.807) is 18.2 Å². The van der Waals surface area contributed by atoms with Crippen LogP contribution in [0.25, 0.3) is 0 Å². The summed E-state index contributed by atoms with van der Waals surface area (Å²) in [5, 5.41) is 10.6. The van der Waals surface area contributed by atoms with Crippen molar-refractivity contribution in [1.82, 2.24) is 0 Å². The highest BCUT2D eigenvalue weighted by atomic mass is 32.2. The Balaban J connectivity index is 2.54. The van der Waals surface area contributed by atoms with Gasteiger partial charge in [-0.2, -0.15) is 0 Å². The average Bonchev–Trinajstić information content (AvgIpc) is 2.39. The molecule has 0 radical (unpaired) electrons. The Hall–Kier alpha value is -2.41. The number of hydrogen-bond donors (Lipinski definition) is 1. The second kappa shape index (κ2) is 4.69. The van der Waals surface area contributed by atoms with Crippen LogP contribution < -0.4 is 5.73 Å². The van der Waals surface area contributed by atoms with Gasteiger partial charge in [-0.3, -0.25) is 10.1 Å². The summed E-state index contributed by atoms with van der Waals surface area (Å²) in [6.07, 6.45) is 0. The Morgan fingerprint density at radius 1 is 1.00 bits per heavy atom. The van der Waals surface area contributed by atoms with Crippen molar-refractivity contribution in [1.29, 1.82) is 0 Å². The molecule has 0 aromatic heterocycles. The average molecular weight is 278 g/mol. The molecular formula is C12H10N2O4S. The number of nitrogens with zero attached hydrogens (tertiary/aromatic N) is 1. The molecule has 0 saturated heterocycles. The van der Waals surface area contributed by atoms with E-state index in [9.17, 15) is 18.5 Å². The van der Waals surface area contributed by atoms with E-state index in [0.717, 1.165) is 12.1 Å². The van der Waals surface area contributed by atoms with Crippen molar-refractivity contribution in [3.8, 4) is 0 Å². The van der Waals surface area contributed by atoms with Crippen molar-refractivity contribution >= 4 is 21.2 Å². The molecule has 0 heterocycles. The minimum atomic E-state index is -3.71. The summed E-state index contributed by atoms with van der Waals surface area (Å²) in [5.41, 5.74) is 5.00. The highest BCUT2D eigenvalue weighted by molar-refractivity contribution is 7.91. The lowest BCUT2D eigenvalue weighted by atomic mass is 10.3. The zero-order valence-electron chi connectivity index (χ0n) is 9.68. The molecule has 6 nitrogen and oxygen atoms in total. The van der Waals surface area contributed by atoms with Gasteiger partial charge >= 0.3 is 0 Å². The van der Waals surface area contributed by atoms with Gasteiger partial charge in [0.1, 0.15) is 5.69 Å². The Labute approximate surface area is 109 Å². The minimum Gasteiger partial charge on any atom is -0.393 e. The molecule has 2 rings (SSSR count). The number of nitrogens with two attached hydrogens (primary N) is 1. The summed E-state index contributed by atoms with van der Waals surface area (Å²) in [5.74, 6) is 0. The monoisotopic (exact) mass is 278 g/mol. The molecule has 0 unspecified atom stereocenters. The molecule has 0 aliphatic heterocycles. The van der Waals surface area contributed by atoms with Gasteiger partial charge in [-0.25, -0.2) is 8.42 Å². The highest BCUT2D eigenvalue weighted by Crippen LogP contribution is 2.27. The van der Waals surface area contributed by atoms with Crippen LogP contribution in [0, 0.1) is 10.1 Å². The van der Waals surface area contributed by atoms with Crippen LogP contribution >= 0.6 is 0 Å². The topological polar surface area (TPSA) is 103 Å². The molecule has 98 valence electrons. The maximum atomic E-state index is 12.2. The third-order valence-electron chi connectivity index (χ3n) is 2.56. The molecule has 7 heteroatoms. The third kappa shape index (κ3) is 2.41. The number of nitrogen functional groups attached to an aromatic ring is 1. The number of benzene rings is 2. The van der Waals surface area contributed by atoms with Gasteiger partial charge in [-0.05, 0) is 24.3 Å². The number of sulfone groups is 1. The van der Waals surface area contributed by atoms with Crippen molar-refractivity contribution in [3.05, 3.63) is 58.6 Å². The highest BCUT2D eigenvalue weighted by Gasteiger charge is 2.20. The number of hydrogen-bond acceptors (Lipinski definition) is 5. The molecule has 0 aliphatic rings. The van der Waals surface area contributed by atoms with Crippen LogP contribution in [0.4, 0.5) is 11.4 Å². The molecule has 0 amide bonds. The SMILES string of the molecule is Nc1cc(S(=O)(=O)c2ccccc2)ccc1[N+](=O)[O-]. The summed E-state index contributed by atoms with van der Waals surface area (Å²) in [4.78, 5) is 10.0. The van der Waals surface area contributed by atoms with E-state index < -0.39 is 14.8 Å². The van der Waals surface area contributed by atoms with Crippen LogP contribution in [0.5, 0.6) is 0 Å². The molecule has 0 spiro atoms. The molecule has 2 aromatic rings. The van der Waals surface area contributed by atoms with Gasteiger partial charge in [0.25, 0.3) is 5.69 Å². The Bertz CT molecular complexity index is 727. The number of nitro groups is 1. The first-order valence-corrected chi connectivity index (χ1v) is 6.75. The van der Waals surface area contributed by atoms with E-state index in [1.165, 1.54) is 18.2 Å². The van der Waals surface area contributed by atoms with Gasteiger partial charge in [0.05, 0.1) is 14.7 Å². The van der Waals surface area contributed by atoms with Gasteiger partial charge in [0, 0.05) is 6.07 Å². The Morgan fingerprint density at radius 3 is 2.16 bits per heavy atom. The second-order valence-electron chi connectivity index (χ2n) is 3.79. The van der Waals surface area contributed by atoms with E-state index >= 15 is 0 Å². The number of anilines is 1. The van der Waals surface area contributed by atoms with Gasteiger partial charge in [-0.1, -0.05) is 18.2 Å². The summed E-state index contributed by atoms with van der Waals surface area (Å²) in [6, 6.07) is 11.2. The van der Waals surface area contributed by atoms with Crippen LogP contribution in [0.2, 0.25) is 0 Å². The molecule has 0 bridgehead atoms. The van der Waals surface area contributed by atoms with Gasteiger partial charge < -0.3 is 5.73 Å². The zero-order chi connectivity index (χ0) is 14.0. The molecule has 2 N–H and O–H groups in total. The first kappa shape index (κ1) is 13.0. The van der Waals surface area contributed by atoms with Crippen molar-refractivity contribution in [3.63, 3.8) is 0 Å². The predicted octanol–water partition coefficient (Wildman–Crippen LogP) is 2.01. The van der Waals surface area contributed by atoms with E-state index in [1.807, 2.05) is 0 Å². The molecule has 0 saturated carbocycles. The summed E-state index contributed by atoms with van der Waals surface area (Å²) in [7, 11) is -3.71. The number of rotatable bonds is 3. The minimum absolute atomic E-state index is 0.0678. The normalized spacial score (nSPS) is 11.2. The van der Waals surface area contributed by atoms with E-state index in [2.05, 4.69) is 0 Å². The summed E-state index contributed by atoms with van der Waals surface area (Å²) < 4.78 is 24.5. The number of nitro benzene ring substituents is 1. The first-order chi connectivity index (χ1) is 8.93. The Morgan fingerprint density at radius 2 is 1.63 bits per heavy atom. The second-order valence-corrected chi connectivity index (χ2v) is 5.74. The molecule has 0 atom stereocenters. The zero-order valence-corrected chi connectivity index (χ0v) is 10.5. The molecular weight excluding hydrogens is 268 g/mol. The van der Waals surface area contributed by atoms with Crippen LogP contribution in [-0.2, 0) is 9.84 Å². The molecule has 2 aromatic carbocycles. The smallest absolute Gasteiger partial charge is 0.292 e. The van der Waals surface area contributed by atoms with Crippen molar-refractivity contribution in [2.45, 2.75) is 9.79 Å². The fourth-order valence-corrected chi connectivity index (χ4v) is 2.92. The van der Waals surface area contributed by atoms with Crippen LogP contribution in [0.1, 0.15) is 0 Å². The van der Waals surface area contributed by atoms with E-state index in [4.69, 9.17) is 5.73 Å². The Kier molecular flexibility index (Phi) is 3.22. The maximum Gasteiger partial charge on any atom is 0.292 e. The van der Waals surface area contributed by atoms with Gasteiger partial charge in [0.2, 0.25) is 9.84 Å². The fourth-order valence-electron chi connectivity index (χ4n) is 1.60. The lowest BCUT2D eigenvalue weighted by Crippen LogP contribution is -2.04. The van der Waals surface area contributed by atoms with Gasteiger partial charge in [-0.15, -0.1) is 0 Å². The van der Waals surface area contributed by atoms with E-state index in [0.29, 0.717) is 0 Å². The molecule has 0 aliphatic carbocycles. The molecule has 0 fully saturated rings. The van der Waals surface area contributed by atoms with Crippen molar-refractivity contribution in [2.24, 2.45) is 0 Å². The molecule has 19 heavy (non-hydrogen) atoms. The summed E-state index contributed by atoms with van der Waals surface area (Å²) >= 11 is 0. The largest absolute Gasteiger partial charge is 0.393 e. The lowest BCUT2D eigenvalue weighted by Gasteiger charge is -2.05. The third-order valence-corrected chi connectivity index (χ3v) is 4.33. The standard InChI is InChI=1S/C12H10N2O4S/c13-11-8-10(6-7-12(11)14(15)16)19(17,18)9-4-2-1-3-5-9/h1-8H,13H2.